The van der Waals surface area contributed by atoms with Crippen LogP contribution in [-0.2, 0) is 0 Å². The van der Waals surface area contributed by atoms with E-state index in [9.17, 15) is 9.18 Å². The van der Waals surface area contributed by atoms with Crippen molar-refractivity contribution in [1.29, 1.82) is 0 Å². The minimum absolute atomic E-state index is 0.157. The standard InChI is InChI=1S/C8H12FNOSi/c1-12(2,3)7-4-6(9)5-10-8(7)11/h4-5H,1-3H3,(H,10,11). The van der Waals surface area contributed by atoms with Crippen LogP contribution in [0, 0.1) is 5.82 Å². The summed E-state index contributed by atoms with van der Waals surface area (Å²) in [4.78, 5) is 13.6. The smallest absolute Gasteiger partial charge is 0.247 e. The largest absolute Gasteiger partial charge is 0.326 e. The predicted octanol–water partition coefficient (Wildman–Crippen LogP) is 1.06. The molecule has 0 saturated heterocycles. The maximum absolute atomic E-state index is 12.7. The van der Waals surface area contributed by atoms with Gasteiger partial charge in [-0.3, -0.25) is 4.79 Å². The van der Waals surface area contributed by atoms with Crippen molar-refractivity contribution in [2.24, 2.45) is 0 Å². The molecule has 0 atom stereocenters. The van der Waals surface area contributed by atoms with E-state index in [1.165, 1.54) is 6.07 Å². The molecule has 0 aliphatic rings. The molecule has 1 aromatic heterocycles. The molecule has 0 spiro atoms. The normalized spacial score (nSPS) is 11.7. The molecule has 0 saturated carbocycles. The third kappa shape index (κ3) is 1.82. The Morgan fingerprint density at radius 2 is 2.00 bits per heavy atom. The van der Waals surface area contributed by atoms with E-state index in [0.29, 0.717) is 5.19 Å². The van der Waals surface area contributed by atoms with Gasteiger partial charge in [0.15, 0.2) is 0 Å². The zero-order chi connectivity index (χ0) is 9.35. The topological polar surface area (TPSA) is 32.9 Å². The van der Waals surface area contributed by atoms with Crippen molar-refractivity contribution in [2.75, 3.05) is 0 Å². The Balaban J connectivity index is 3.33. The maximum atomic E-state index is 12.7. The van der Waals surface area contributed by atoms with Gasteiger partial charge in [0, 0.05) is 11.4 Å². The number of aromatic amines is 1. The van der Waals surface area contributed by atoms with Crippen LogP contribution in [0.2, 0.25) is 19.6 Å². The Bertz CT molecular complexity index is 340. The second kappa shape index (κ2) is 2.86. The zero-order valence-corrected chi connectivity index (χ0v) is 8.44. The van der Waals surface area contributed by atoms with Crippen molar-refractivity contribution in [3.05, 3.63) is 28.4 Å². The lowest BCUT2D eigenvalue weighted by Crippen LogP contribution is -2.48. The molecule has 12 heavy (non-hydrogen) atoms. The fourth-order valence-corrected chi connectivity index (χ4v) is 2.34. The van der Waals surface area contributed by atoms with Gasteiger partial charge in [-0.25, -0.2) is 4.39 Å². The van der Waals surface area contributed by atoms with Crippen molar-refractivity contribution in [3.8, 4) is 0 Å². The van der Waals surface area contributed by atoms with Crippen molar-refractivity contribution in [3.63, 3.8) is 0 Å². The van der Waals surface area contributed by atoms with E-state index in [1.807, 2.05) is 19.6 Å². The first-order valence-corrected chi connectivity index (χ1v) is 7.30. The van der Waals surface area contributed by atoms with Crippen molar-refractivity contribution in [2.45, 2.75) is 19.6 Å². The Kier molecular flexibility index (Phi) is 2.19. The highest BCUT2D eigenvalue weighted by atomic mass is 28.3. The Morgan fingerprint density at radius 1 is 1.42 bits per heavy atom. The van der Waals surface area contributed by atoms with E-state index in [0.717, 1.165) is 6.20 Å². The zero-order valence-electron chi connectivity index (χ0n) is 7.44. The van der Waals surface area contributed by atoms with Crippen LogP contribution in [0.5, 0.6) is 0 Å². The van der Waals surface area contributed by atoms with Crippen molar-refractivity contribution in [1.82, 2.24) is 4.98 Å². The monoisotopic (exact) mass is 185 g/mol. The van der Waals surface area contributed by atoms with Gasteiger partial charge in [0.25, 0.3) is 0 Å². The molecular formula is C8H12FNOSi. The Morgan fingerprint density at radius 3 is 2.42 bits per heavy atom. The van der Waals surface area contributed by atoms with Crippen LogP contribution in [0.25, 0.3) is 0 Å². The van der Waals surface area contributed by atoms with Gasteiger partial charge in [0.05, 0.1) is 8.07 Å². The Labute approximate surface area is 71.5 Å². The van der Waals surface area contributed by atoms with E-state index in [4.69, 9.17) is 0 Å². The molecule has 1 aromatic rings. The molecule has 0 bridgehead atoms. The second-order valence-electron chi connectivity index (χ2n) is 3.81. The van der Waals surface area contributed by atoms with E-state index in [1.54, 1.807) is 0 Å². The number of H-pyrrole nitrogens is 1. The molecule has 0 unspecified atom stereocenters. The van der Waals surface area contributed by atoms with Crippen molar-refractivity contribution >= 4 is 13.3 Å². The average molecular weight is 185 g/mol. The van der Waals surface area contributed by atoms with Crippen molar-refractivity contribution < 1.29 is 4.39 Å². The predicted molar refractivity (Wildman–Crippen MR) is 50.0 cm³/mol. The highest BCUT2D eigenvalue weighted by molar-refractivity contribution is 6.88. The van der Waals surface area contributed by atoms with E-state index in [-0.39, 0.29) is 11.4 Å². The van der Waals surface area contributed by atoms with E-state index >= 15 is 0 Å². The number of aromatic nitrogens is 1. The van der Waals surface area contributed by atoms with Crippen LogP contribution in [-0.4, -0.2) is 13.1 Å². The molecule has 0 fully saturated rings. The summed E-state index contributed by atoms with van der Waals surface area (Å²) in [6, 6.07) is 1.34. The van der Waals surface area contributed by atoms with Gasteiger partial charge in [-0.1, -0.05) is 19.6 Å². The van der Waals surface area contributed by atoms with Gasteiger partial charge in [0.2, 0.25) is 5.56 Å². The first-order valence-electron chi connectivity index (χ1n) is 3.80. The van der Waals surface area contributed by atoms with Crippen LogP contribution in [0.3, 0.4) is 0 Å². The summed E-state index contributed by atoms with van der Waals surface area (Å²) >= 11 is 0. The molecule has 66 valence electrons. The summed E-state index contributed by atoms with van der Waals surface area (Å²) in [5.41, 5.74) is -0.157. The quantitative estimate of drug-likeness (QED) is 0.652. The molecule has 2 nitrogen and oxygen atoms in total. The first kappa shape index (κ1) is 9.19. The number of hydrogen-bond acceptors (Lipinski definition) is 1. The van der Waals surface area contributed by atoms with Gasteiger partial charge < -0.3 is 4.98 Å². The van der Waals surface area contributed by atoms with E-state index < -0.39 is 8.07 Å². The molecule has 1 rings (SSSR count). The lowest BCUT2D eigenvalue weighted by Gasteiger charge is -2.14. The lowest BCUT2D eigenvalue weighted by atomic mass is 10.5. The molecule has 0 aliphatic heterocycles. The minimum atomic E-state index is -1.69. The molecule has 0 amide bonds. The number of hydrogen-bond donors (Lipinski definition) is 1. The third-order valence-corrected chi connectivity index (χ3v) is 3.66. The summed E-state index contributed by atoms with van der Waals surface area (Å²) in [5.74, 6) is -0.368. The van der Waals surface area contributed by atoms with Crippen LogP contribution in [0.15, 0.2) is 17.1 Å². The molecule has 1 heterocycles. The van der Waals surface area contributed by atoms with Gasteiger partial charge >= 0.3 is 0 Å². The molecule has 0 radical (unpaired) electrons. The SMILES string of the molecule is C[Si](C)(C)c1cc(F)c[nH]c1=O. The molecule has 0 aliphatic carbocycles. The molecule has 0 aromatic carbocycles. The number of rotatable bonds is 1. The summed E-state index contributed by atoms with van der Waals surface area (Å²) in [7, 11) is -1.69. The number of nitrogens with one attached hydrogen (secondary N) is 1. The van der Waals surface area contributed by atoms with Crippen LogP contribution < -0.4 is 10.7 Å². The van der Waals surface area contributed by atoms with Gasteiger partial charge in [-0.05, 0) is 6.07 Å². The fourth-order valence-electron chi connectivity index (χ4n) is 1.01. The second-order valence-corrected chi connectivity index (χ2v) is 8.85. The maximum Gasteiger partial charge on any atom is 0.247 e. The van der Waals surface area contributed by atoms with Crippen LogP contribution in [0.4, 0.5) is 4.39 Å². The summed E-state index contributed by atoms with van der Waals surface area (Å²) in [6.07, 6.45) is 1.09. The number of pyridine rings is 1. The van der Waals surface area contributed by atoms with Gasteiger partial charge in [-0.2, -0.15) is 0 Å². The van der Waals surface area contributed by atoms with Gasteiger partial charge in [0.1, 0.15) is 5.82 Å². The highest BCUT2D eigenvalue weighted by Gasteiger charge is 2.20. The van der Waals surface area contributed by atoms with E-state index in [2.05, 4.69) is 4.98 Å². The summed E-state index contributed by atoms with van der Waals surface area (Å²) in [5, 5.41) is 0.613. The Hall–Kier alpha value is -0.903. The molecular weight excluding hydrogens is 173 g/mol. The average Bonchev–Trinajstić information content (AvgIpc) is 1.92. The lowest BCUT2D eigenvalue weighted by molar-refractivity contribution is 0.621. The highest BCUT2D eigenvalue weighted by Crippen LogP contribution is 1.99. The molecule has 1 N–H and O–H groups in total. The van der Waals surface area contributed by atoms with Crippen LogP contribution >= 0.6 is 0 Å². The molecule has 4 heteroatoms. The summed E-state index contributed by atoms with van der Waals surface area (Å²) < 4.78 is 12.7. The number of halogens is 1. The third-order valence-electron chi connectivity index (χ3n) is 1.68. The minimum Gasteiger partial charge on any atom is -0.326 e. The van der Waals surface area contributed by atoms with Crippen LogP contribution in [0.1, 0.15) is 0 Å². The first-order chi connectivity index (χ1) is 5.41. The van der Waals surface area contributed by atoms with Gasteiger partial charge in [-0.15, -0.1) is 0 Å². The summed E-state index contributed by atoms with van der Waals surface area (Å²) in [6.45, 7) is 6.03. The fraction of sp³-hybridized carbons (Fsp3) is 0.375.